The molecule has 0 radical (unpaired) electrons. The lowest BCUT2D eigenvalue weighted by Crippen LogP contribution is -1.81. The Hall–Kier alpha value is -2.77. The van der Waals surface area contributed by atoms with Crippen molar-refractivity contribution in [2.45, 2.75) is 0 Å². The highest BCUT2D eigenvalue weighted by Crippen LogP contribution is 2.38. The van der Waals surface area contributed by atoms with E-state index in [1.807, 2.05) is 18.2 Å². The molecule has 1 heterocycles. The van der Waals surface area contributed by atoms with E-state index in [0.29, 0.717) is 0 Å². The standard InChI is InChI=1S/C22H14ClN/c23-20-12-6-5-11-18(20)21-13-19-16-9-2-1-7-14(16)15-8-3-4-10-17(15)22(19)24-21/h1-13,24H. The molecule has 1 N–H and O–H groups in total. The van der Waals surface area contributed by atoms with Crippen molar-refractivity contribution in [3.63, 3.8) is 0 Å². The summed E-state index contributed by atoms with van der Waals surface area (Å²) in [6.45, 7) is 0. The number of nitrogens with one attached hydrogen (secondary N) is 1. The Kier molecular flexibility index (Phi) is 2.91. The summed E-state index contributed by atoms with van der Waals surface area (Å²) in [7, 11) is 0. The third-order valence-electron chi connectivity index (χ3n) is 4.69. The molecule has 0 amide bonds. The molecule has 5 aromatic rings. The van der Waals surface area contributed by atoms with Gasteiger partial charge in [0.15, 0.2) is 0 Å². The second-order valence-electron chi connectivity index (χ2n) is 6.04. The molecule has 4 aromatic carbocycles. The van der Waals surface area contributed by atoms with Gasteiger partial charge in [-0.25, -0.2) is 0 Å². The highest BCUT2D eigenvalue weighted by molar-refractivity contribution is 6.33. The van der Waals surface area contributed by atoms with Crippen molar-refractivity contribution in [3.8, 4) is 11.3 Å². The first kappa shape index (κ1) is 13.6. The van der Waals surface area contributed by atoms with E-state index in [9.17, 15) is 0 Å². The molecule has 1 nitrogen and oxygen atoms in total. The maximum absolute atomic E-state index is 6.40. The van der Waals surface area contributed by atoms with Crippen LogP contribution >= 0.6 is 11.6 Å². The van der Waals surface area contributed by atoms with Crippen LogP contribution in [0.3, 0.4) is 0 Å². The molecule has 0 bridgehead atoms. The highest BCUT2D eigenvalue weighted by atomic mass is 35.5. The summed E-state index contributed by atoms with van der Waals surface area (Å²) in [6.07, 6.45) is 0. The van der Waals surface area contributed by atoms with Crippen LogP contribution in [-0.4, -0.2) is 4.98 Å². The smallest absolute Gasteiger partial charge is 0.0544 e. The van der Waals surface area contributed by atoms with Crippen LogP contribution in [0.25, 0.3) is 43.7 Å². The van der Waals surface area contributed by atoms with Crippen molar-refractivity contribution in [2.75, 3.05) is 0 Å². The molecule has 114 valence electrons. The van der Waals surface area contributed by atoms with Crippen molar-refractivity contribution in [3.05, 3.63) is 83.9 Å². The molecule has 2 heteroatoms. The predicted octanol–water partition coefficient (Wildman–Crippen LogP) is 6.79. The highest BCUT2D eigenvalue weighted by Gasteiger charge is 2.12. The van der Waals surface area contributed by atoms with Crippen molar-refractivity contribution >= 4 is 44.0 Å². The molecule has 0 atom stereocenters. The molecule has 24 heavy (non-hydrogen) atoms. The molecule has 1 aromatic heterocycles. The maximum atomic E-state index is 6.40. The van der Waals surface area contributed by atoms with Gasteiger partial charge in [-0.1, -0.05) is 78.3 Å². The molecule has 0 unspecified atom stereocenters. The number of hydrogen-bond acceptors (Lipinski definition) is 0. The van der Waals surface area contributed by atoms with Gasteiger partial charge in [-0.15, -0.1) is 0 Å². The zero-order valence-corrected chi connectivity index (χ0v) is 13.6. The summed E-state index contributed by atoms with van der Waals surface area (Å²) < 4.78 is 0. The van der Waals surface area contributed by atoms with Gasteiger partial charge in [-0.05, 0) is 28.3 Å². The van der Waals surface area contributed by atoms with Gasteiger partial charge in [0.05, 0.1) is 5.52 Å². The largest absolute Gasteiger partial charge is 0.354 e. The summed E-state index contributed by atoms with van der Waals surface area (Å²) in [5.41, 5.74) is 3.25. The SMILES string of the molecule is Clc1ccccc1-c1cc2c3ccccc3c3ccccc3c2[nH]1. The Balaban J connectivity index is 1.98. The van der Waals surface area contributed by atoms with Gasteiger partial charge < -0.3 is 4.98 Å². The first-order chi connectivity index (χ1) is 11.8. The fourth-order valence-corrected chi connectivity index (χ4v) is 3.83. The molecular weight excluding hydrogens is 314 g/mol. The average Bonchev–Trinajstić information content (AvgIpc) is 3.08. The van der Waals surface area contributed by atoms with Gasteiger partial charge in [-0.3, -0.25) is 0 Å². The number of fused-ring (bicyclic) bond motifs is 6. The van der Waals surface area contributed by atoms with E-state index >= 15 is 0 Å². The van der Waals surface area contributed by atoms with Gasteiger partial charge in [-0.2, -0.15) is 0 Å². The van der Waals surface area contributed by atoms with Crippen LogP contribution < -0.4 is 0 Å². The normalized spacial score (nSPS) is 11.5. The summed E-state index contributed by atoms with van der Waals surface area (Å²) in [4.78, 5) is 3.60. The van der Waals surface area contributed by atoms with E-state index in [4.69, 9.17) is 11.6 Å². The number of H-pyrrole nitrogens is 1. The fraction of sp³-hybridized carbons (Fsp3) is 0. The Morgan fingerprint density at radius 2 is 1.12 bits per heavy atom. The van der Waals surface area contributed by atoms with Crippen molar-refractivity contribution in [2.24, 2.45) is 0 Å². The van der Waals surface area contributed by atoms with Gasteiger partial charge in [0.25, 0.3) is 0 Å². The summed E-state index contributed by atoms with van der Waals surface area (Å²) in [6, 6.07) is 27.3. The minimum absolute atomic E-state index is 0.762. The Labute approximate surface area is 144 Å². The molecule has 0 aliphatic heterocycles. The lowest BCUT2D eigenvalue weighted by molar-refractivity contribution is 1.46. The summed E-state index contributed by atoms with van der Waals surface area (Å²) in [5, 5.41) is 7.06. The Morgan fingerprint density at radius 1 is 0.583 bits per heavy atom. The zero-order chi connectivity index (χ0) is 16.1. The number of aromatic amines is 1. The van der Waals surface area contributed by atoms with E-state index in [1.54, 1.807) is 0 Å². The fourth-order valence-electron chi connectivity index (χ4n) is 3.59. The maximum Gasteiger partial charge on any atom is 0.0544 e. The molecule has 0 saturated carbocycles. The first-order valence-electron chi connectivity index (χ1n) is 8.00. The number of benzene rings is 4. The average molecular weight is 328 g/mol. The van der Waals surface area contributed by atoms with Crippen molar-refractivity contribution in [1.29, 1.82) is 0 Å². The van der Waals surface area contributed by atoms with E-state index in [0.717, 1.165) is 16.3 Å². The molecule has 0 spiro atoms. The summed E-state index contributed by atoms with van der Waals surface area (Å²) >= 11 is 6.40. The van der Waals surface area contributed by atoms with Crippen LogP contribution in [0.4, 0.5) is 0 Å². The van der Waals surface area contributed by atoms with Crippen molar-refractivity contribution < 1.29 is 0 Å². The first-order valence-corrected chi connectivity index (χ1v) is 8.38. The molecular formula is C22H14ClN. The Morgan fingerprint density at radius 3 is 1.83 bits per heavy atom. The Bertz CT molecular complexity index is 1140. The van der Waals surface area contributed by atoms with Crippen molar-refractivity contribution in [1.82, 2.24) is 4.98 Å². The molecule has 0 saturated heterocycles. The van der Waals surface area contributed by atoms with E-state index in [2.05, 4.69) is 65.6 Å². The van der Waals surface area contributed by atoms with Crippen LogP contribution in [0.15, 0.2) is 78.9 Å². The number of halogens is 1. The van der Waals surface area contributed by atoms with E-state index in [1.165, 1.54) is 32.4 Å². The molecule has 0 aliphatic carbocycles. The second-order valence-corrected chi connectivity index (χ2v) is 6.45. The van der Waals surface area contributed by atoms with Gasteiger partial charge >= 0.3 is 0 Å². The number of aromatic nitrogens is 1. The van der Waals surface area contributed by atoms with Crippen LogP contribution in [0, 0.1) is 0 Å². The van der Waals surface area contributed by atoms with Crippen LogP contribution in [-0.2, 0) is 0 Å². The minimum atomic E-state index is 0.762. The monoisotopic (exact) mass is 327 g/mol. The van der Waals surface area contributed by atoms with Gasteiger partial charge in [0.1, 0.15) is 0 Å². The minimum Gasteiger partial charge on any atom is -0.354 e. The quantitative estimate of drug-likeness (QED) is 0.326. The summed E-state index contributed by atoms with van der Waals surface area (Å²) in [5.74, 6) is 0. The number of rotatable bonds is 1. The lowest BCUT2D eigenvalue weighted by Gasteiger charge is -2.06. The lowest BCUT2D eigenvalue weighted by atomic mass is 9.98. The van der Waals surface area contributed by atoms with Crippen LogP contribution in [0.1, 0.15) is 0 Å². The molecule has 0 fully saturated rings. The van der Waals surface area contributed by atoms with Gasteiger partial charge in [0, 0.05) is 27.1 Å². The third-order valence-corrected chi connectivity index (χ3v) is 5.02. The third kappa shape index (κ3) is 1.88. The molecule has 5 rings (SSSR count). The zero-order valence-electron chi connectivity index (χ0n) is 12.9. The van der Waals surface area contributed by atoms with E-state index in [-0.39, 0.29) is 0 Å². The number of hydrogen-bond donors (Lipinski definition) is 1. The second kappa shape index (κ2) is 5.12. The molecule has 0 aliphatic rings. The van der Waals surface area contributed by atoms with E-state index < -0.39 is 0 Å². The van der Waals surface area contributed by atoms with Gasteiger partial charge in [0.2, 0.25) is 0 Å². The van der Waals surface area contributed by atoms with Crippen LogP contribution in [0.2, 0.25) is 5.02 Å². The predicted molar refractivity (Wildman–Crippen MR) is 104 cm³/mol. The topological polar surface area (TPSA) is 15.8 Å². The van der Waals surface area contributed by atoms with Crippen LogP contribution in [0.5, 0.6) is 0 Å².